The van der Waals surface area contributed by atoms with Crippen LogP contribution < -0.4 is 35.7 Å². The molecular formula is C56H41BN2O2. The maximum Gasteiger partial charge on any atom is 0.260 e. The maximum atomic E-state index is 7.41. The fraction of sp³-hybridized carbons (Fsp3) is 0.0357. The van der Waals surface area contributed by atoms with Gasteiger partial charge in [-0.25, -0.2) is 0 Å². The van der Waals surface area contributed by atoms with Gasteiger partial charge in [0.25, 0.3) is 6.71 Å². The largest absolute Gasteiger partial charge is 0.456 e. The summed E-state index contributed by atoms with van der Waals surface area (Å²) in [5, 5.41) is 0. The van der Waals surface area contributed by atoms with Crippen LogP contribution in [0, 0.1) is 13.8 Å². The van der Waals surface area contributed by atoms with Crippen LogP contribution >= 0.6 is 0 Å². The Morgan fingerprint density at radius 3 is 1.07 bits per heavy atom. The molecule has 9 aromatic rings. The molecule has 0 fully saturated rings. The van der Waals surface area contributed by atoms with E-state index in [4.69, 9.17) is 9.47 Å². The van der Waals surface area contributed by atoms with Crippen molar-refractivity contribution in [2.24, 2.45) is 0 Å². The monoisotopic (exact) mass is 784 g/mol. The Bertz CT molecular complexity index is 2780. The second-order valence-corrected chi connectivity index (χ2v) is 15.8. The molecule has 11 rings (SSSR count). The summed E-state index contributed by atoms with van der Waals surface area (Å²) in [4.78, 5) is 4.63. The molecule has 0 atom stereocenters. The highest BCUT2D eigenvalue weighted by molar-refractivity contribution is 6.98. The number of aryl methyl sites for hydroxylation is 2. The Kier molecular flexibility index (Phi) is 9.01. The smallest absolute Gasteiger partial charge is 0.260 e. The van der Waals surface area contributed by atoms with E-state index in [1.54, 1.807) is 0 Å². The fourth-order valence-corrected chi connectivity index (χ4v) is 9.16. The lowest BCUT2D eigenvalue weighted by molar-refractivity contribution is 0.466. The Morgan fingerprint density at radius 1 is 0.361 bits per heavy atom. The molecule has 2 aliphatic rings. The van der Waals surface area contributed by atoms with Crippen molar-refractivity contribution in [3.8, 4) is 45.3 Å². The lowest BCUT2D eigenvalue weighted by Crippen LogP contribution is -2.57. The number of hydrogen-bond acceptors (Lipinski definition) is 4. The SMILES string of the molecule is Cc1ccccc1-c1ccc2c(c1)Oc1c(N(c3ccccc3)c3ccccc3)cc(N(c3ccccc3)c3ccccc3)c3c1B2c1ccc(-c2ccccc2C)cc1O3. The van der Waals surface area contributed by atoms with Gasteiger partial charge in [0.05, 0.1) is 11.4 Å². The van der Waals surface area contributed by atoms with Gasteiger partial charge in [-0.2, -0.15) is 0 Å². The van der Waals surface area contributed by atoms with Gasteiger partial charge in [0.2, 0.25) is 0 Å². The van der Waals surface area contributed by atoms with Crippen LogP contribution in [0.5, 0.6) is 23.0 Å². The highest BCUT2D eigenvalue weighted by atomic mass is 16.5. The van der Waals surface area contributed by atoms with Crippen LogP contribution in [0.3, 0.4) is 0 Å². The molecule has 4 nitrogen and oxygen atoms in total. The predicted molar refractivity (Wildman–Crippen MR) is 254 cm³/mol. The summed E-state index contributed by atoms with van der Waals surface area (Å²) >= 11 is 0. The van der Waals surface area contributed by atoms with Gasteiger partial charge >= 0.3 is 0 Å². The zero-order chi connectivity index (χ0) is 40.9. The number of benzene rings is 9. The molecule has 0 spiro atoms. The van der Waals surface area contributed by atoms with Gasteiger partial charge in [0, 0.05) is 28.2 Å². The minimum atomic E-state index is -0.199. The van der Waals surface area contributed by atoms with E-state index in [0.717, 1.165) is 84.6 Å². The average molecular weight is 785 g/mol. The first kappa shape index (κ1) is 36.3. The van der Waals surface area contributed by atoms with E-state index in [-0.39, 0.29) is 6.71 Å². The van der Waals surface area contributed by atoms with Crippen LogP contribution in [0.25, 0.3) is 22.3 Å². The number of fused-ring (bicyclic) bond motifs is 4. The molecule has 9 aromatic carbocycles. The average Bonchev–Trinajstić information content (AvgIpc) is 3.31. The second-order valence-electron chi connectivity index (χ2n) is 15.8. The highest BCUT2D eigenvalue weighted by Gasteiger charge is 2.44. The van der Waals surface area contributed by atoms with Gasteiger partial charge in [-0.05, 0) is 125 Å². The van der Waals surface area contributed by atoms with Crippen molar-refractivity contribution < 1.29 is 9.47 Å². The standard InChI is InChI=1S/C56H41BN2O2/c1-38-19-15-17-29-46(38)40-31-33-48-52(35-40)60-55-50(58(42-21-7-3-8-22-42)43-23-9-4-10-24-43)37-51(59(44-25-11-5-12-26-44)45-27-13-6-14-28-45)56-54(55)57(48)49-34-32-41(36-53(49)61-56)47-30-18-16-20-39(47)2/h3-37H,1-2H3. The van der Waals surface area contributed by atoms with Crippen molar-refractivity contribution >= 4 is 57.2 Å². The molecule has 0 saturated heterocycles. The van der Waals surface area contributed by atoms with E-state index in [9.17, 15) is 0 Å². The number of rotatable bonds is 8. The number of hydrogen-bond donors (Lipinski definition) is 0. The lowest BCUT2D eigenvalue weighted by atomic mass is 9.34. The van der Waals surface area contributed by atoms with Crippen LogP contribution in [0.1, 0.15) is 11.1 Å². The molecule has 0 bridgehead atoms. The van der Waals surface area contributed by atoms with Gasteiger partial charge < -0.3 is 19.3 Å². The third kappa shape index (κ3) is 6.34. The van der Waals surface area contributed by atoms with Crippen LogP contribution in [0.2, 0.25) is 0 Å². The number of para-hydroxylation sites is 4. The predicted octanol–water partition coefficient (Wildman–Crippen LogP) is 13.3. The van der Waals surface area contributed by atoms with E-state index >= 15 is 0 Å². The molecule has 0 aromatic heterocycles. The first-order chi connectivity index (χ1) is 30.1. The van der Waals surface area contributed by atoms with Crippen LogP contribution in [0.15, 0.2) is 212 Å². The van der Waals surface area contributed by atoms with Crippen molar-refractivity contribution in [3.63, 3.8) is 0 Å². The fourth-order valence-electron chi connectivity index (χ4n) is 9.16. The number of anilines is 6. The Hall–Kier alpha value is -7.76. The summed E-state index contributed by atoms with van der Waals surface area (Å²) in [6, 6.07) is 75.1. The number of ether oxygens (including phenoxy) is 2. The molecule has 61 heavy (non-hydrogen) atoms. The minimum Gasteiger partial charge on any atom is -0.456 e. The zero-order valence-electron chi connectivity index (χ0n) is 34.0. The first-order valence-corrected chi connectivity index (χ1v) is 20.9. The molecule has 2 heterocycles. The summed E-state index contributed by atoms with van der Waals surface area (Å²) in [5.41, 5.74) is 16.1. The Balaban J connectivity index is 1.24. The molecule has 0 N–H and O–H groups in total. The van der Waals surface area contributed by atoms with Gasteiger partial charge in [-0.1, -0.05) is 146 Å². The van der Waals surface area contributed by atoms with E-state index in [0.29, 0.717) is 0 Å². The molecule has 290 valence electrons. The van der Waals surface area contributed by atoms with Crippen molar-refractivity contribution in [1.29, 1.82) is 0 Å². The zero-order valence-corrected chi connectivity index (χ0v) is 34.0. The minimum absolute atomic E-state index is 0.199. The first-order valence-electron chi connectivity index (χ1n) is 20.9. The molecule has 5 heteroatoms. The van der Waals surface area contributed by atoms with E-state index in [2.05, 4.69) is 236 Å². The normalized spacial score (nSPS) is 12.0. The topological polar surface area (TPSA) is 24.9 Å². The van der Waals surface area contributed by atoms with Gasteiger partial charge in [0.15, 0.2) is 11.5 Å². The molecular weight excluding hydrogens is 743 g/mol. The van der Waals surface area contributed by atoms with Crippen molar-refractivity contribution in [2.75, 3.05) is 9.80 Å². The van der Waals surface area contributed by atoms with Crippen LogP contribution in [-0.2, 0) is 0 Å². The van der Waals surface area contributed by atoms with E-state index in [1.807, 2.05) is 0 Å². The second kappa shape index (κ2) is 15.1. The third-order valence-electron chi connectivity index (χ3n) is 12.0. The number of nitrogens with zero attached hydrogens (tertiary/aromatic N) is 2. The quantitative estimate of drug-likeness (QED) is 0.143. The van der Waals surface area contributed by atoms with Crippen molar-refractivity contribution in [3.05, 3.63) is 223 Å². The van der Waals surface area contributed by atoms with Crippen molar-refractivity contribution in [2.45, 2.75) is 13.8 Å². The summed E-state index contributed by atoms with van der Waals surface area (Å²) in [5.74, 6) is 3.19. The third-order valence-corrected chi connectivity index (χ3v) is 12.0. The summed E-state index contributed by atoms with van der Waals surface area (Å²) in [6.07, 6.45) is 0. The lowest BCUT2D eigenvalue weighted by Gasteiger charge is -2.39. The summed E-state index contributed by atoms with van der Waals surface area (Å²) in [7, 11) is 0. The Labute approximate surface area is 357 Å². The van der Waals surface area contributed by atoms with E-state index in [1.165, 1.54) is 22.3 Å². The molecule has 0 radical (unpaired) electrons. The molecule has 0 saturated carbocycles. The van der Waals surface area contributed by atoms with Gasteiger partial charge in [-0.3, -0.25) is 0 Å². The molecule has 0 aliphatic carbocycles. The molecule has 0 amide bonds. The summed E-state index contributed by atoms with van der Waals surface area (Å²) < 4.78 is 14.8. The Morgan fingerprint density at radius 2 is 0.705 bits per heavy atom. The molecule has 0 unspecified atom stereocenters. The van der Waals surface area contributed by atoms with Gasteiger partial charge in [-0.15, -0.1) is 0 Å². The van der Waals surface area contributed by atoms with Gasteiger partial charge in [0.1, 0.15) is 11.5 Å². The van der Waals surface area contributed by atoms with Crippen LogP contribution in [0.4, 0.5) is 34.1 Å². The highest BCUT2D eigenvalue weighted by Crippen LogP contribution is 2.52. The van der Waals surface area contributed by atoms with Crippen LogP contribution in [-0.4, -0.2) is 6.71 Å². The molecule has 2 aliphatic heterocycles. The maximum absolute atomic E-state index is 7.41. The van der Waals surface area contributed by atoms with Crippen molar-refractivity contribution in [1.82, 2.24) is 0 Å². The van der Waals surface area contributed by atoms with E-state index < -0.39 is 0 Å². The summed E-state index contributed by atoms with van der Waals surface area (Å²) in [6.45, 7) is 4.13.